The van der Waals surface area contributed by atoms with Crippen molar-refractivity contribution in [1.29, 1.82) is 0 Å². The van der Waals surface area contributed by atoms with Crippen molar-refractivity contribution in [2.75, 3.05) is 42.9 Å². The van der Waals surface area contributed by atoms with Gasteiger partial charge in [-0.3, -0.25) is 4.79 Å². The van der Waals surface area contributed by atoms with Crippen LogP contribution in [0.5, 0.6) is 11.6 Å². The molecule has 3 aromatic rings. The topological polar surface area (TPSA) is 96.4 Å². The van der Waals surface area contributed by atoms with Crippen molar-refractivity contribution < 1.29 is 9.53 Å². The zero-order valence-corrected chi connectivity index (χ0v) is 18.6. The standard InChI is InChI=1S/C23H27N7O2/c1-4-24-20-14-17(3)25-23(26-20)30-12-10-29(11-13-30)22(31)18-6-5-7-19(15-18)32-21-9-8-16(2)27-28-21/h5-9,14-15H,4,10-13H2,1-3H3,(H,24,25,26). The highest BCUT2D eigenvalue weighted by Crippen LogP contribution is 2.22. The van der Waals surface area contributed by atoms with E-state index < -0.39 is 0 Å². The molecule has 0 bridgehead atoms. The van der Waals surface area contributed by atoms with Crippen LogP contribution >= 0.6 is 0 Å². The molecule has 166 valence electrons. The summed E-state index contributed by atoms with van der Waals surface area (Å²) in [7, 11) is 0. The Balaban J connectivity index is 1.40. The fourth-order valence-electron chi connectivity index (χ4n) is 3.51. The number of aryl methyl sites for hydroxylation is 2. The first kappa shape index (κ1) is 21.5. The van der Waals surface area contributed by atoms with E-state index in [4.69, 9.17) is 4.74 Å². The zero-order chi connectivity index (χ0) is 22.5. The van der Waals surface area contributed by atoms with E-state index >= 15 is 0 Å². The van der Waals surface area contributed by atoms with Gasteiger partial charge in [0, 0.05) is 56.1 Å². The molecule has 4 rings (SSSR count). The van der Waals surface area contributed by atoms with Crippen molar-refractivity contribution in [2.24, 2.45) is 0 Å². The minimum absolute atomic E-state index is 0.0245. The minimum Gasteiger partial charge on any atom is -0.438 e. The molecule has 1 N–H and O–H groups in total. The van der Waals surface area contributed by atoms with Crippen molar-refractivity contribution in [1.82, 2.24) is 25.1 Å². The number of piperazine rings is 1. The quantitative estimate of drug-likeness (QED) is 0.634. The van der Waals surface area contributed by atoms with E-state index in [1.165, 1.54) is 0 Å². The summed E-state index contributed by atoms with van der Waals surface area (Å²) >= 11 is 0. The Morgan fingerprint density at radius 2 is 1.81 bits per heavy atom. The number of rotatable bonds is 6. The second kappa shape index (κ2) is 9.59. The molecule has 0 atom stereocenters. The number of benzene rings is 1. The summed E-state index contributed by atoms with van der Waals surface area (Å²) in [5, 5.41) is 11.2. The van der Waals surface area contributed by atoms with E-state index in [0.717, 1.165) is 23.8 Å². The second-order valence-corrected chi connectivity index (χ2v) is 7.65. The van der Waals surface area contributed by atoms with Crippen molar-refractivity contribution >= 4 is 17.7 Å². The molecule has 1 aromatic carbocycles. The number of nitrogens with one attached hydrogen (secondary N) is 1. The van der Waals surface area contributed by atoms with Gasteiger partial charge >= 0.3 is 0 Å². The maximum Gasteiger partial charge on any atom is 0.254 e. The van der Waals surface area contributed by atoms with Crippen LogP contribution in [0, 0.1) is 13.8 Å². The molecule has 0 spiro atoms. The second-order valence-electron chi connectivity index (χ2n) is 7.65. The van der Waals surface area contributed by atoms with Gasteiger partial charge in [0.2, 0.25) is 11.8 Å². The van der Waals surface area contributed by atoms with Gasteiger partial charge in [-0.15, -0.1) is 5.10 Å². The Labute approximate surface area is 187 Å². The fourth-order valence-corrected chi connectivity index (χ4v) is 3.51. The largest absolute Gasteiger partial charge is 0.438 e. The SMILES string of the molecule is CCNc1cc(C)nc(N2CCN(C(=O)c3cccc(Oc4ccc(C)nn4)c3)CC2)n1. The van der Waals surface area contributed by atoms with E-state index in [0.29, 0.717) is 49.3 Å². The lowest BCUT2D eigenvalue weighted by molar-refractivity contribution is 0.0746. The van der Waals surface area contributed by atoms with Crippen molar-refractivity contribution in [3.63, 3.8) is 0 Å². The Kier molecular flexibility index (Phi) is 6.44. The van der Waals surface area contributed by atoms with Crippen LogP contribution in [0.2, 0.25) is 0 Å². The maximum absolute atomic E-state index is 13.1. The van der Waals surface area contributed by atoms with Crippen LogP contribution in [0.4, 0.5) is 11.8 Å². The van der Waals surface area contributed by atoms with Gasteiger partial charge in [-0.05, 0) is 45.0 Å². The molecule has 2 aromatic heterocycles. The molecular weight excluding hydrogens is 406 g/mol. The Bertz CT molecular complexity index is 1080. The number of ether oxygens (including phenoxy) is 1. The summed E-state index contributed by atoms with van der Waals surface area (Å²) in [5.74, 6) is 2.44. The molecule has 1 fully saturated rings. The monoisotopic (exact) mass is 433 g/mol. The van der Waals surface area contributed by atoms with E-state index in [-0.39, 0.29) is 5.91 Å². The third-order valence-corrected chi connectivity index (χ3v) is 5.13. The third-order valence-electron chi connectivity index (χ3n) is 5.13. The van der Waals surface area contributed by atoms with Crippen molar-refractivity contribution in [3.05, 3.63) is 59.4 Å². The molecule has 32 heavy (non-hydrogen) atoms. The highest BCUT2D eigenvalue weighted by Gasteiger charge is 2.24. The van der Waals surface area contributed by atoms with E-state index in [2.05, 4.69) is 30.4 Å². The molecule has 0 aliphatic carbocycles. The van der Waals surface area contributed by atoms with Crippen molar-refractivity contribution in [3.8, 4) is 11.6 Å². The van der Waals surface area contributed by atoms with E-state index in [1.807, 2.05) is 43.9 Å². The molecule has 0 radical (unpaired) electrons. The first-order valence-corrected chi connectivity index (χ1v) is 10.7. The van der Waals surface area contributed by atoms with Gasteiger partial charge in [0.15, 0.2) is 0 Å². The summed E-state index contributed by atoms with van der Waals surface area (Å²) in [5.41, 5.74) is 2.31. The summed E-state index contributed by atoms with van der Waals surface area (Å²) < 4.78 is 5.75. The highest BCUT2D eigenvalue weighted by atomic mass is 16.5. The van der Waals surface area contributed by atoms with Gasteiger partial charge in [-0.25, -0.2) is 4.98 Å². The lowest BCUT2D eigenvalue weighted by Gasteiger charge is -2.35. The molecule has 1 aliphatic heterocycles. The van der Waals surface area contributed by atoms with Gasteiger partial charge in [0.05, 0.1) is 5.69 Å². The summed E-state index contributed by atoms with van der Waals surface area (Å²) in [4.78, 5) is 26.2. The number of amides is 1. The van der Waals surface area contributed by atoms with Gasteiger partial charge in [-0.2, -0.15) is 10.1 Å². The minimum atomic E-state index is -0.0245. The average Bonchev–Trinajstić information content (AvgIpc) is 2.80. The number of aromatic nitrogens is 4. The molecule has 1 aliphatic rings. The lowest BCUT2D eigenvalue weighted by atomic mass is 10.1. The smallest absolute Gasteiger partial charge is 0.254 e. The van der Waals surface area contributed by atoms with E-state index in [9.17, 15) is 4.79 Å². The molecule has 0 unspecified atom stereocenters. The summed E-state index contributed by atoms with van der Waals surface area (Å²) in [6.07, 6.45) is 0. The summed E-state index contributed by atoms with van der Waals surface area (Å²) in [6.45, 7) is 9.21. The highest BCUT2D eigenvalue weighted by molar-refractivity contribution is 5.94. The van der Waals surface area contributed by atoms with Crippen LogP contribution < -0.4 is 15.0 Å². The van der Waals surface area contributed by atoms with Gasteiger partial charge in [-0.1, -0.05) is 6.07 Å². The van der Waals surface area contributed by atoms with Crippen LogP contribution in [-0.2, 0) is 0 Å². The molecule has 1 amide bonds. The first-order chi connectivity index (χ1) is 15.5. The Morgan fingerprint density at radius 1 is 1.00 bits per heavy atom. The number of nitrogens with zero attached hydrogens (tertiary/aromatic N) is 6. The molecule has 3 heterocycles. The molecular formula is C23H27N7O2. The van der Waals surface area contributed by atoms with Crippen LogP contribution in [0.15, 0.2) is 42.5 Å². The van der Waals surface area contributed by atoms with Gasteiger partial charge in [0.1, 0.15) is 11.6 Å². The van der Waals surface area contributed by atoms with Gasteiger partial charge in [0.25, 0.3) is 5.91 Å². The normalized spacial score (nSPS) is 13.7. The molecule has 9 nitrogen and oxygen atoms in total. The van der Waals surface area contributed by atoms with E-state index in [1.54, 1.807) is 24.3 Å². The maximum atomic E-state index is 13.1. The lowest BCUT2D eigenvalue weighted by Crippen LogP contribution is -2.49. The third kappa shape index (κ3) is 5.11. The average molecular weight is 434 g/mol. The number of hydrogen-bond acceptors (Lipinski definition) is 8. The van der Waals surface area contributed by atoms with Crippen LogP contribution in [0.25, 0.3) is 0 Å². The predicted octanol–water partition coefficient (Wildman–Crippen LogP) is 3.07. The fraction of sp³-hybridized carbons (Fsp3) is 0.348. The van der Waals surface area contributed by atoms with Crippen LogP contribution in [0.3, 0.4) is 0 Å². The first-order valence-electron chi connectivity index (χ1n) is 10.7. The Hall–Kier alpha value is -3.75. The summed E-state index contributed by atoms with van der Waals surface area (Å²) in [6, 6.07) is 12.7. The van der Waals surface area contributed by atoms with Crippen LogP contribution in [0.1, 0.15) is 28.7 Å². The van der Waals surface area contributed by atoms with Gasteiger partial charge < -0.3 is 19.9 Å². The van der Waals surface area contributed by atoms with Crippen molar-refractivity contribution in [2.45, 2.75) is 20.8 Å². The number of carbonyl (C=O) groups is 1. The number of anilines is 2. The predicted molar refractivity (Wildman–Crippen MR) is 122 cm³/mol. The molecule has 0 saturated carbocycles. The van der Waals surface area contributed by atoms with Crippen LogP contribution in [-0.4, -0.2) is 63.7 Å². The number of carbonyl (C=O) groups excluding carboxylic acids is 1. The molecule has 9 heteroatoms. The number of hydrogen-bond donors (Lipinski definition) is 1. The Morgan fingerprint density at radius 3 is 2.53 bits per heavy atom. The zero-order valence-electron chi connectivity index (χ0n) is 18.6. The molecule has 1 saturated heterocycles.